The lowest BCUT2D eigenvalue weighted by molar-refractivity contribution is -0.137. The first-order valence-corrected chi connectivity index (χ1v) is 11.6. The molecule has 0 radical (unpaired) electrons. The van der Waals surface area contributed by atoms with Crippen LogP contribution in [-0.2, 0) is 9.59 Å². The number of nitrogens with zero attached hydrogens (tertiary/aromatic N) is 3. The van der Waals surface area contributed by atoms with Gasteiger partial charge in [0.15, 0.2) is 0 Å². The van der Waals surface area contributed by atoms with Crippen LogP contribution in [0.1, 0.15) is 52.0 Å². The van der Waals surface area contributed by atoms with Crippen molar-refractivity contribution in [2.75, 3.05) is 40.3 Å². The van der Waals surface area contributed by atoms with E-state index in [2.05, 4.69) is 37.6 Å². The average molecular weight is 428 g/mol. The van der Waals surface area contributed by atoms with Gasteiger partial charge in [-0.1, -0.05) is 39.3 Å². The zero-order valence-electron chi connectivity index (χ0n) is 19.7. The summed E-state index contributed by atoms with van der Waals surface area (Å²) in [6.07, 6.45) is 3.73. The predicted octanol–water partition coefficient (Wildman–Crippen LogP) is 3.63. The highest BCUT2D eigenvalue weighted by Gasteiger charge is 2.42. The summed E-state index contributed by atoms with van der Waals surface area (Å²) in [7, 11) is 4.10. The zero-order valence-corrected chi connectivity index (χ0v) is 19.7. The quantitative estimate of drug-likeness (QED) is 0.564. The Bertz CT molecular complexity index is 808. The van der Waals surface area contributed by atoms with Crippen molar-refractivity contribution in [3.63, 3.8) is 0 Å². The van der Waals surface area contributed by atoms with Crippen LogP contribution in [0.4, 0.5) is 0 Å². The Morgan fingerprint density at radius 3 is 2.32 bits per heavy atom. The van der Waals surface area contributed by atoms with Crippen molar-refractivity contribution >= 4 is 17.4 Å². The van der Waals surface area contributed by atoms with Crippen LogP contribution in [0.3, 0.4) is 0 Å². The Morgan fingerprint density at radius 1 is 1.10 bits per heavy atom. The van der Waals surface area contributed by atoms with Crippen molar-refractivity contribution in [3.05, 3.63) is 35.5 Å². The minimum atomic E-state index is -0.177. The third-order valence-electron chi connectivity index (χ3n) is 6.19. The second-order valence-corrected chi connectivity index (χ2v) is 9.21. The molecule has 0 saturated carbocycles. The first-order chi connectivity index (χ1) is 14.8. The van der Waals surface area contributed by atoms with E-state index in [4.69, 9.17) is 4.74 Å². The minimum Gasteiger partial charge on any atom is -0.493 e. The van der Waals surface area contributed by atoms with Crippen molar-refractivity contribution in [2.45, 2.75) is 52.5 Å². The predicted molar refractivity (Wildman–Crippen MR) is 124 cm³/mol. The normalized spacial score (nSPS) is 18.5. The SMILES string of the molecule is CCCCN1C(=O)C(c2ccc(OCC(C)C)cc2)=C(N(C)C2CCN(C)CC2)C1=O. The molecule has 2 amide bonds. The van der Waals surface area contributed by atoms with Crippen LogP contribution in [0.5, 0.6) is 5.75 Å². The summed E-state index contributed by atoms with van der Waals surface area (Å²) in [5.41, 5.74) is 1.86. The number of piperidine rings is 1. The molecule has 0 bridgehead atoms. The number of unbranched alkanes of at least 4 members (excludes halogenated alkanes) is 1. The van der Waals surface area contributed by atoms with Gasteiger partial charge < -0.3 is 14.5 Å². The Hall–Kier alpha value is -2.34. The maximum absolute atomic E-state index is 13.4. The Kier molecular flexibility index (Phi) is 7.76. The number of hydrogen-bond donors (Lipinski definition) is 0. The number of likely N-dealkylation sites (tertiary alicyclic amines) is 1. The maximum atomic E-state index is 13.4. The van der Waals surface area contributed by atoms with E-state index >= 15 is 0 Å². The van der Waals surface area contributed by atoms with E-state index in [0.717, 1.165) is 50.1 Å². The Labute approximate surface area is 186 Å². The first-order valence-electron chi connectivity index (χ1n) is 11.6. The monoisotopic (exact) mass is 427 g/mol. The molecule has 0 unspecified atom stereocenters. The van der Waals surface area contributed by atoms with Crippen molar-refractivity contribution in [2.24, 2.45) is 5.92 Å². The molecule has 1 fully saturated rings. The van der Waals surface area contributed by atoms with E-state index in [1.54, 1.807) is 0 Å². The lowest BCUT2D eigenvalue weighted by atomic mass is 10.00. The van der Waals surface area contributed by atoms with E-state index in [1.165, 1.54) is 4.90 Å². The van der Waals surface area contributed by atoms with E-state index in [9.17, 15) is 9.59 Å². The fourth-order valence-corrected chi connectivity index (χ4v) is 4.22. The van der Waals surface area contributed by atoms with E-state index < -0.39 is 0 Å². The van der Waals surface area contributed by atoms with Crippen LogP contribution >= 0.6 is 0 Å². The van der Waals surface area contributed by atoms with Gasteiger partial charge in [-0.3, -0.25) is 14.5 Å². The van der Waals surface area contributed by atoms with Crippen LogP contribution < -0.4 is 4.74 Å². The van der Waals surface area contributed by atoms with Crippen molar-refractivity contribution in [1.29, 1.82) is 0 Å². The van der Waals surface area contributed by atoms with Gasteiger partial charge in [0.2, 0.25) is 0 Å². The molecule has 0 aliphatic carbocycles. The molecule has 0 aromatic heterocycles. The van der Waals surface area contributed by atoms with E-state index in [0.29, 0.717) is 30.3 Å². The molecule has 1 saturated heterocycles. The van der Waals surface area contributed by atoms with Crippen molar-refractivity contribution in [1.82, 2.24) is 14.7 Å². The second-order valence-electron chi connectivity index (χ2n) is 9.21. The summed E-state index contributed by atoms with van der Waals surface area (Å²) in [6.45, 7) is 9.41. The Balaban J connectivity index is 1.92. The molecule has 3 rings (SSSR count). The largest absolute Gasteiger partial charge is 0.493 e. The number of amides is 2. The van der Waals surface area contributed by atoms with Crippen LogP contribution in [0.15, 0.2) is 30.0 Å². The third-order valence-corrected chi connectivity index (χ3v) is 6.19. The fraction of sp³-hybridized carbons (Fsp3) is 0.600. The molecule has 2 aliphatic rings. The van der Waals surface area contributed by atoms with Gasteiger partial charge in [0.25, 0.3) is 11.8 Å². The highest BCUT2D eigenvalue weighted by Crippen LogP contribution is 2.34. The molecule has 0 atom stereocenters. The Morgan fingerprint density at radius 2 is 1.74 bits per heavy atom. The number of benzene rings is 1. The number of rotatable bonds is 9. The molecule has 2 heterocycles. The highest BCUT2D eigenvalue weighted by molar-refractivity contribution is 6.35. The van der Waals surface area contributed by atoms with E-state index in [-0.39, 0.29) is 17.9 Å². The van der Waals surface area contributed by atoms with Gasteiger partial charge >= 0.3 is 0 Å². The minimum absolute atomic E-state index is 0.157. The van der Waals surface area contributed by atoms with Crippen LogP contribution in [0.2, 0.25) is 0 Å². The summed E-state index contributed by atoms with van der Waals surface area (Å²) >= 11 is 0. The third kappa shape index (κ3) is 5.29. The van der Waals surface area contributed by atoms with Gasteiger partial charge in [-0.2, -0.15) is 0 Å². The number of likely N-dealkylation sites (N-methyl/N-ethyl adjacent to an activating group) is 1. The molecule has 2 aliphatic heterocycles. The number of carbonyl (C=O) groups excluding carboxylic acids is 2. The number of hydrogen-bond acceptors (Lipinski definition) is 5. The molecule has 170 valence electrons. The second kappa shape index (κ2) is 10.3. The summed E-state index contributed by atoms with van der Waals surface area (Å²) < 4.78 is 5.79. The topological polar surface area (TPSA) is 53.1 Å². The summed E-state index contributed by atoms with van der Waals surface area (Å²) in [6, 6.07) is 7.86. The average Bonchev–Trinajstić information content (AvgIpc) is 3.00. The van der Waals surface area contributed by atoms with Crippen molar-refractivity contribution in [3.8, 4) is 5.75 Å². The van der Waals surface area contributed by atoms with Gasteiger partial charge in [-0.05, 0) is 63.0 Å². The molecule has 1 aromatic rings. The number of carbonyl (C=O) groups is 2. The standard InChI is InChI=1S/C25H37N3O3/c1-6-7-14-28-24(29)22(19-8-10-21(11-9-19)31-17-18(2)3)23(25(28)30)27(5)20-12-15-26(4)16-13-20/h8-11,18,20H,6-7,12-17H2,1-5H3. The van der Waals surface area contributed by atoms with Crippen LogP contribution in [-0.4, -0.2) is 72.9 Å². The van der Waals surface area contributed by atoms with Crippen LogP contribution in [0.25, 0.3) is 5.57 Å². The highest BCUT2D eigenvalue weighted by atomic mass is 16.5. The van der Waals surface area contributed by atoms with E-state index in [1.807, 2.05) is 31.3 Å². The lowest BCUT2D eigenvalue weighted by Crippen LogP contribution is -2.43. The molecular weight excluding hydrogens is 390 g/mol. The molecule has 31 heavy (non-hydrogen) atoms. The number of imide groups is 1. The fourth-order valence-electron chi connectivity index (χ4n) is 4.22. The molecule has 0 N–H and O–H groups in total. The maximum Gasteiger partial charge on any atom is 0.277 e. The first kappa shape index (κ1) is 23.3. The van der Waals surface area contributed by atoms with Gasteiger partial charge in [0.05, 0.1) is 12.2 Å². The summed E-state index contributed by atoms with van der Waals surface area (Å²) in [5.74, 6) is 0.889. The lowest BCUT2D eigenvalue weighted by Gasteiger charge is -2.36. The summed E-state index contributed by atoms with van der Waals surface area (Å²) in [4.78, 5) is 32.5. The molecule has 1 aromatic carbocycles. The van der Waals surface area contributed by atoms with Gasteiger partial charge in [-0.25, -0.2) is 0 Å². The number of ether oxygens (including phenoxy) is 1. The molecule has 6 nitrogen and oxygen atoms in total. The van der Waals surface area contributed by atoms with Crippen LogP contribution in [0, 0.1) is 5.92 Å². The smallest absolute Gasteiger partial charge is 0.277 e. The van der Waals surface area contributed by atoms with Gasteiger partial charge in [-0.15, -0.1) is 0 Å². The van der Waals surface area contributed by atoms with Gasteiger partial charge in [0, 0.05) is 19.6 Å². The van der Waals surface area contributed by atoms with Gasteiger partial charge in [0.1, 0.15) is 11.4 Å². The zero-order chi connectivity index (χ0) is 22.5. The molecule has 0 spiro atoms. The summed E-state index contributed by atoms with van der Waals surface area (Å²) in [5, 5.41) is 0. The molecule has 6 heteroatoms. The van der Waals surface area contributed by atoms with Crippen molar-refractivity contribution < 1.29 is 14.3 Å². The molecular formula is C25H37N3O3.